The fourth-order valence-electron chi connectivity index (χ4n) is 1.86. The molecule has 20 heavy (non-hydrogen) atoms. The third-order valence-corrected chi connectivity index (χ3v) is 2.89. The van der Waals surface area contributed by atoms with Gasteiger partial charge in [0.1, 0.15) is 0 Å². The van der Waals surface area contributed by atoms with E-state index >= 15 is 0 Å². The number of nitrogens with one attached hydrogen (secondary N) is 2. The maximum Gasteiger partial charge on any atom is 0.269 e. The van der Waals surface area contributed by atoms with E-state index in [-0.39, 0.29) is 5.91 Å². The summed E-state index contributed by atoms with van der Waals surface area (Å²) >= 11 is 0. The molecule has 1 amide bonds. The highest BCUT2D eigenvalue weighted by Gasteiger charge is 2.06. The van der Waals surface area contributed by atoms with Gasteiger partial charge in [0.25, 0.3) is 5.91 Å². The molecule has 1 heterocycles. The fourth-order valence-corrected chi connectivity index (χ4v) is 1.86. The van der Waals surface area contributed by atoms with Gasteiger partial charge in [0.15, 0.2) is 0 Å². The topological polar surface area (TPSA) is 66.9 Å². The van der Waals surface area contributed by atoms with Crippen LogP contribution in [0.1, 0.15) is 34.2 Å². The van der Waals surface area contributed by atoms with Gasteiger partial charge < -0.3 is 0 Å². The first-order valence-electron chi connectivity index (χ1n) is 6.56. The highest BCUT2D eigenvalue weighted by molar-refractivity contribution is 5.94. The van der Waals surface area contributed by atoms with Crippen LogP contribution in [0.2, 0.25) is 0 Å². The summed E-state index contributed by atoms with van der Waals surface area (Å²) in [4.78, 5) is 20.3. The minimum atomic E-state index is -0.213. The molecule has 104 valence electrons. The predicted molar refractivity (Wildman–Crippen MR) is 78.4 cm³/mol. The molecule has 0 aliphatic heterocycles. The van der Waals surface area contributed by atoms with Gasteiger partial charge in [-0.05, 0) is 44.0 Å². The second-order valence-corrected chi connectivity index (χ2v) is 4.60. The summed E-state index contributed by atoms with van der Waals surface area (Å²) in [5, 5.41) is 0. The van der Waals surface area contributed by atoms with E-state index in [4.69, 9.17) is 0 Å². The first-order chi connectivity index (χ1) is 9.58. The molecule has 2 aromatic rings. The van der Waals surface area contributed by atoms with Gasteiger partial charge in [0.2, 0.25) is 5.95 Å². The Labute approximate surface area is 118 Å². The Kier molecular flexibility index (Phi) is 4.30. The average molecular weight is 270 g/mol. The lowest BCUT2D eigenvalue weighted by atomic mass is 10.1. The second kappa shape index (κ2) is 6.14. The van der Waals surface area contributed by atoms with Gasteiger partial charge in [0.05, 0.1) is 0 Å². The summed E-state index contributed by atoms with van der Waals surface area (Å²) < 4.78 is 0. The number of benzene rings is 1. The van der Waals surface area contributed by atoms with E-state index in [1.807, 2.05) is 32.0 Å². The number of rotatable bonds is 4. The predicted octanol–water partition coefficient (Wildman–Crippen LogP) is 2.41. The number of aryl methyl sites for hydroxylation is 3. The van der Waals surface area contributed by atoms with Gasteiger partial charge >= 0.3 is 0 Å². The molecule has 0 spiro atoms. The standard InChI is InChI=1S/C15H18N4O/c1-4-12-5-7-13(8-6-12)14(20)18-19-15-16-10(2)9-11(3)17-15/h5-9H,4H2,1-3H3,(H,18,20)(H,16,17,19). The number of carbonyl (C=O) groups excluding carboxylic acids is 1. The molecule has 0 atom stereocenters. The summed E-state index contributed by atoms with van der Waals surface area (Å²) in [6.07, 6.45) is 0.955. The first-order valence-corrected chi connectivity index (χ1v) is 6.56. The summed E-state index contributed by atoms with van der Waals surface area (Å²) in [7, 11) is 0. The van der Waals surface area contributed by atoms with Gasteiger partial charge in [-0.25, -0.2) is 9.97 Å². The van der Waals surface area contributed by atoms with Crippen LogP contribution in [-0.4, -0.2) is 15.9 Å². The minimum absolute atomic E-state index is 0.213. The van der Waals surface area contributed by atoms with Gasteiger partial charge in [-0.2, -0.15) is 0 Å². The van der Waals surface area contributed by atoms with Crippen LogP contribution in [-0.2, 0) is 6.42 Å². The van der Waals surface area contributed by atoms with Crippen LogP contribution < -0.4 is 10.9 Å². The van der Waals surface area contributed by atoms with Crippen molar-refractivity contribution < 1.29 is 4.79 Å². The number of hydrogen-bond acceptors (Lipinski definition) is 4. The number of hydrazine groups is 1. The third kappa shape index (κ3) is 3.54. The summed E-state index contributed by atoms with van der Waals surface area (Å²) in [5.74, 6) is 0.177. The lowest BCUT2D eigenvalue weighted by molar-refractivity contribution is 0.0962. The smallest absolute Gasteiger partial charge is 0.267 e. The Morgan fingerprint density at radius 2 is 1.70 bits per heavy atom. The maximum atomic E-state index is 12.0. The Morgan fingerprint density at radius 1 is 1.10 bits per heavy atom. The van der Waals surface area contributed by atoms with Crippen molar-refractivity contribution in [3.63, 3.8) is 0 Å². The Balaban J connectivity index is 2.00. The van der Waals surface area contributed by atoms with E-state index in [1.54, 1.807) is 12.1 Å². The van der Waals surface area contributed by atoms with E-state index in [0.29, 0.717) is 11.5 Å². The average Bonchev–Trinajstić information content (AvgIpc) is 2.44. The van der Waals surface area contributed by atoms with E-state index in [9.17, 15) is 4.79 Å². The highest BCUT2D eigenvalue weighted by atomic mass is 16.2. The van der Waals surface area contributed by atoms with Gasteiger partial charge in [-0.3, -0.25) is 15.6 Å². The zero-order chi connectivity index (χ0) is 14.5. The van der Waals surface area contributed by atoms with Gasteiger partial charge in [-0.15, -0.1) is 0 Å². The van der Waals surface area contributed by atoms with Crippen molar-refractivity contribution in [2.45, 2.75) is 27.2 Å². The quantitative estimate of drug-likeness (QED) is 0.837. The van der Waals surface area contributed by atoms with Gasteiger partial charge in [-0.1, -0.05) is 19.1 Å². The normalized spacial score (nSPS) is 10.2. The summed E-state index contributed by atoms with van der Waals surface area (Å²) in [5.41, 5.74) is 8.82. The highest BCUT2D eigenvalue weighted by Crippen LogP contribution is 2.06. The van der Waals surface area contributed by atoms with Crippen LogP contribution in [0.25, 0.3) is 0 Å². The van der Waals surface area contributed by atoms with E-state index < -0.39 is 0 Å². The number of hydrogen-bond donors (Lipinski definition) is 2. The zero-order valence-electron chi connectivity index (χ0n) is 11.9. The SMILES string of the molecule is CCc1ccc(C(=O)NNc2nc(C)cc(C)n2)cc1. The van der Waals surface area contributed by atoms with Crippen LogP contribution in [0.4, 0.5) is 5.95 Å². The number of anilines is 1. The lowest BCUT2D eigenvalue weighted by Gasteiger charge is -2.08. The molecule has 2 N–H and O–H groups in total. The molecule has 5 nitrogen and oxygen atoms in total. The zero-order valence-corrected chi connectivity index (χ0v) is 11.9. The van der Waals surface area contributed by atoms with Crippen molar-refractivity contribution in [2.75, 3.05) is 5.43 Å². The number of nitrogens with zero attached hydrogens (tertiary/aromatic N) is 2. The molecule has 5 heteroatoms. The summed E-state index contributed by atoms with van der Waals surface area (Å²) in [6, 6.07) is 9.37. The van der Waals surface area contributed by atoms with Crippen LogP contribution in [0, 0.1) is 13.8 Å². The Morgan fingerprint density at radius 3 is 2.25 bits per heavy atom. The molecule has 0 saturated heterocycles. The second-order valence-electron chi connectivity index (χ2n) is 4.60. The van der Waals surface area contributed by atoms with Gasteiger partial charge in [0, 0.05) is 17.0 Å². The Bertz CT molecular complexity index is 588. The van der Waals surface area contributed by atoms with E-state index in [1.165, 1.54) is 5.56 Å². The van der Waals surface area contributed by atoms with Crippen molar-refractivity contribution in [2.24, 2.45) is 0 Å². The third-order valence-electron chi connectivity index (χ3n) is 2.89. The molecule has 0 radical (unpaired) electrons. The van der Waals surface area contributed by atoms with Crippen molar-refractivity contribution >= 4 is 11.9 Å². The lowest BCUT2D eigenvalue weighted by Crippen LogP contribution is -2.30. The maximum absolute atomic E-state index is 12.0. The van der Waals surface area contributed by atoms with Crippen LogP contribution in [0.5, 0.6) is 0 Å². The largest absolute Gasteiger partial charge is 0.269 e. The molecule has 0 saturated carbocycles. The Hall–Kier alpha value is -2.43. The van der Waals surface area contributed by atoms with Crippen molar-refractivity contribution in [1.29, 1.82) is 0 Å². The number of aromatic nitrogens is 2. The van der Waals surface area contributed by atoms with Crippen molar-refractivity contribution in [1.82, 2.24) is 15.4 Å². The summed E-state index contributed by atoms with van der Waals surface area (Å²) in [6.45, 7) is 5.84. The molecule has 0 unspecified atom stereocenters. The molecule has 0 aliphatic rings. The molecular weight excluding hydrogens is 252 g/mol. The monoisotopic (exact) mass is 270 g/mol. The first kappa shape index (κ1) is 14.0. The van der Waals surface area contributed by atoms with Crippen LogP contribution in [0.3, 0.4) is 0 Å². The molecule has 0 aliphatic carbocycles. The van der Waals surface area contributed by atoms with Crippen LogP contribution in [0.15, 0.2) is 30.3 Å². The number of amides is 1. The van der Waals surface area contributed by atoms with E-state index in [2.05, 4.69) is 27.7 Å². The molecule has 1 aromatic heterocycles. The molecule has 0 fully saturated rings. The molecule has 0 bridgehead atoms. The van der Waals surface area contributed by atoms with Crippen molar-refractivity contribution in [3.05, 3.63) is 52.8 Å². The molecule has 2 rings (SSSR count). The van der Waals surface area contributed by atoms with Crippen molar-refractivity contribution in [3.8, 4) is 0 Å². The minimum Gasteiger partial charge on any atom is -0.267 e. The van der Waals surface area contributed by atoms with Crippen LogP contribution >= 0.6 is 0 Å². The fraction of sp³-hybridized carbons (Fsp3) is 0.267. The number of carbonyl (C=O) groups is 1. The molecule has 1 aromatic carbocycles. The molecular formula is C15H18N4O. The van der Waals surface area contributed by atoms with E-state index in [0.717, 1.165) is 17.8 Å².